The van der Waals surface area contributed by atoms with Crippen molar-refractivity contribution in [3.63, 3.8) is 0 Å². The highest BCUT2D eigenvalue weighted by Gasteiger charge is 2.08. The number of aromatic nitrogens is 2. The number of rotatable bonds is 5. The van der Waals surface area contributed by atoms with Crippen molar-refractivity contribution in [2.24, 2.45) is 0 Å². The summed E-state index contributed by atoms with van der Waals surface area (Å²) >= 11 is 5.56. The van der Waals surface area contributed by atoms with E-state index in [1.807, 2.05) is 0 Å². The Bertz CT molecular complexity index is 533. The molecule has 0 aliphatic heterocycles. The highest BCUT2D eigenvalue weighted by atomic mass is 35.5. The van der Waals surface area contributed by atoms with Crippen LogP contribution in [0.1, 0.15) is 5.89 Å². The molecular weight excluding hydrogens is 261 g/mol. The van der Waals surface area contributed by atoms with E-state index >= 15 is 0 Å². The summed E-state index contributed by atoms with van der Waals surface area (Å²) in [5, 5.41) is 10.4. The molecule has 7 heteroatoms. The van der Waals surface area contributed by atoms with Crippen LogP contribution in [0, 0.1) is 5.82 Å². The largest absolute Gasteiger partial charge is 0.494 e. The molecule has 0 atom stereocenters. The Morgan fingerprint density at radius 3 is 3.00 bits per heavy atom. The number of anilines is 2. The van der Waals surface area contributed by atoms with Crippen LogP contribution in [0.25, 0.3) is 0 Å². The van der Waals surface area contributed by atoms with Gasteiger partial charge < -0.3 is 14.5 Å². The maximum Gasteiger partial charge on any atom is 0.320 e. The van der Waals surface area contributed by atoms with Crippen molar-refractivity contribution in [2.75, 3.05) is 18.3 Å². The minimum Gasteiger partial charge on any atom is -0.494 e. The number of benzene rings is 1. The smallest absolute Gasteiger partial charge is 0.320 e. The van der Waals surface area contributed by atoms with Crippen LogP contribution in [0.15, 0.2) is 22.6 Å². The van der Waals surface area contributed by atoms with Crippen LogP contribution in [-0.2, 0) is 6.42 Å². The summed E-state index contributed by atoms with van der Waals surface area (Å²) in [5.74, 6) is 0.560. The third-order valence-electron chi connectivity index (χ3n) is 2.18. The summed E-state index contributed by atoms with van der Waals surface area (Å²) in [6.07, 6.45) is 0.503. The van der Waals surface area contributed by atoms with Gasteiger partial charge in [-0.3, -0.25) is 0 Å². The van der Waals surface area contributed by atoms with Crippen molar-refractivity contribution < 1.29 is 13.5 Å². The molecule has 0 aliphatic carbocycles. The zero-order chi connectivity index (χ0) is 13.0. The summed E-state index contributed by atoms with van der Waals surface area (Å²) in [4.78, 5) is 0. The molecule has 0 radical (unpaired) electrons. The molecule has 5 nitrogen and oxygen atoms in total. The first-order valence-corrected chi connectivity index (χ1v) is 5.75. The van der Waals surface area contributed by atoms with E-state index in [2.05, 4.69) is 15.5 Å². The maximum atomic E-state index is 13.2. The number of halogens is 2. The SMILES string of the molecule is COc1cc(Nc2nnc(CCCl)o2)ccc1F. The predicted molar refractivity (Wildman–Crippen MR) is 65.0 cm³/mol. The molecule has 1 heterocycles. The lowest BCUT2D eigenvalue weighted by Gasteiger charge is -2.05. The van der Waals surface area contributed by atoms with Crippen LogP contribution < -0.4 is 10.1 Å². The van der Waals surface area contributed by atoms with E-state index in [0.717, 1.165) is 0 Å². The fourth-order valence-corrected chi connectivity index (χ4v) is 1.51. The number of alkyl halides is 1. The molecule has 0 fully saturated rings. The number of nitrogens with one attached hydrogen (secondary N) is 1. The van der Waals surface area contributed by atoms with Crippen LogP contribution in [0.5, 0.6) is 5.75 Å². The van der Waals surface area contributed by atoms with Gasteiger partial charge in [-0.15, -0.1) is 16.7 Å². The Balaban J connectivity index is 2.12. The van der Waals surface area contributed by atoms with Gasteiger partial charge in [0.15, 0.2) is 11.6 Å². The molecule has 0 bridgehead atoms. The standard InChI is InChI=1S/C11H11ClFN3O2/c1-17-9-6-7(2-3-8(9)13)14-11-16-15-10(18-11)4-5-12/h2-3,6H,4-5H2,1H3,(H,14,16). The molecule has 0 saturated heterocycles. The van der Waals surface area contributed by atoms with Crippen molar-refractivity contribution in [3.05, 3.63) is 29.9 Å². The first-order valence-electron chi connectivity index (χ1n) is 5.22. The third kappa shape index (κ3) is 2.89. The second-order valence-electron chi connectivity index (χ2n) is 3.41. The molecule has 1 aromatic heterocycles. The summed E-state index contributed by atoms with van der Waals surface area (Å²) in [6.45, 7) is 0. The number of methoxy groups -OCH3 is 1. The number of hydrogen-bond donors (Lipinski definition) is 1. The Labute approximate surface area is 108 Å². The molecule has 96 valence electrons. The van der Waals surface area contributed by atoms with Crippen LogP contribution in [0.2, 0.25) is 0 Å². The second-order valence-corrected chi connectivity index (χ2v) is 3.79. The van der Waals surface area contributed by atoms with Gasteiger partial charge in [-0.25, -0.2) is 4.39 Å². The van der Waals surface area contributed by atoms with Crippen LogP contribution in [0.3, 0.4) is 0 Å². The van der Waals surface area contributed by atoms with Gasteiger partial charge >= 0.3 is 6.01 Å². The molecule has 0 aliphatic rings. The van der Waals surface area contributed by atoms with Crippen LogP contribution in [0.4, 0.5) is 16.1 Å². The summed E-state index contributed by atoms with van der Waals surface area (Å²) in [5.41, 5.74) is 0.592. The lowest BCUT2D eigenvalue weighted by molar-refractivity contribution is 0.387. The molecule has 18 heavy (non-hydrogen) atoms. The van der Waals surface area contributed by atoms with Crippen molar-refractivity contribution in [2.45, 2.75) is 6.42 Å². The molecular formula is C11H11ClFN3O2. The zero-order valence-electron chi connectivity index (χ0n) is 9.61. The minimum atomic E-state index is -0.434. The van der Waals surface area contributed by atoms with Gasteiger partial charge in [-0.1, -0.05) is 5.10 Å². The Hall–Kier alpha value is -1.82. The minimum absolute atomic E-state index is 0.139. The first-order chi connectivity index (χ1) is 8.72. The molecule has 1 aromatic carbocycles. The average molecular weight is 272 g/mol. The van der Waals surface area contributed by atoms with Crippen LogP contribution in [-0.4, -0.2) is 23.2 Å². The van der Waals surface area contributed by atoms with Crippen LogP contribution >= 0.6 is 11.6 Å². The van der Waals surface area contributed by atoms with Gasteiger partial charge in [0.1, 0.15) is 0 Å². The van der Waals surface area contributed by atoms with Gasteiger partial charge in [0.05, 0.1) is 7.11 Å². The number of hydrogen-bond acceptors (Lipinski definition) is 5. The fraction of sp³-hybridized carbons (Fsp3) is 0.273. The molecule has 0 unspecified atom stereocenters. The highest BCUT2D eigenvalue weighted by Crippen LogP contribution is 2.23. The van der Waals surface area contributed by atoms with E-state index in [1.54, 1.807) is 6.07 Å². The average Bonchev–Trinajstić information content (AvgIpc) is 2.80. The van der Waals surface area contributed by atoms with Gasteiger partial charge in [0.25, 0.3) is 0 Å². The van der Waals surface area contributed by atoms with Crippen molar-refractivity contribution in [1.82, 2.24) is 10.2 Å². The van der Waals surface area contributed by atoms with Gasteiger partial charge in [0.2, 0.25) is 5.89 Å². The lowest BCUT2D eigenvalue weighted by atomic mass is 10.3. The third-order valence-corrected chi connectivity index (χ3v) is 2.37. The molecule has 0 spiro atoms. The van der Waals surface area contributed by atoms with Gasteiger partial charge in [-0.2, -0.15) is 0 Å². The zero-order valence-corrected chi connectivity index (χ0v) is 10.4. The summed E-state index contributed by atoms with van der Waals surface area (Å²) in [7, 11) is 1.40. The van der Waals surface area contributed by atoms with E-state index < -0.39 is 5.82 Å². The second kappa shape index (κ2) is 5.68. The number of aryl methyl sites for hydroxylation is 1. The maximum absolute atomic E-state index is 13.2. The summed E-state index contributed by atoms with van der Waals surface area (Å²) in [6, 6.07) is 4.56. The fourth-order valence-electron chi connectivity index (χ4n) is 1.35. The summed E-state index contributed by atoms with van der Waals surface area (Å²) < 4.78 is 23.3. The molecule has 0 amide bonds. The normalized spacial score (nSPS) is 10.4. The van der Waals surface area contributed by atoms with Crippen molar-refractivity contribution in [3.8, 4) is 5.75 Å². The quantitative estimate of drug-likeness (QED) is 0.848. The Kier molecular flexibility index (Phi) is 3.99. The van der Waals surface area contributed by atoms with Gasteiger partial charge in [-0.05, 0) is 12.1 Å². The Morgan fingerprint density at radius 2 is 2.28 bits per heavy atom. The molecule has 2 aromatic rings. The highest BCUT2D eigenvalue weighted by molar-refractivity contribution is 6.17. The van der Waals surface area contributed by atoms with E-state index in [9.17, 15) is 4.39 Å². The number of nitrogens with zero attached hydrogens (tertiary/aromatic N) is 2. The van der Waals surface area contributed by atoms with E-state index in [4.69, 9.17) is 20.8 Å². The molecule has 2 rings (SSSR count). The first kappa shape index (κ1) is 12.6. The Morgan fingerprint density at radius 1 is 1.44 bits per heavy atom. The van der Waals surface area contributed by atoms with Crippen molar-refractivity contribution >= 4 is 23.3 Å². The topological polar surface area (TPSA) is 60.2 Å². The lowest BCUT2D eigenvalue weighted by Crippen LogP contribution is -1.93. The molecule has 0 saturated carbocycles. The van der Waals surface area contributed by atoms with E-state index in [-0.39, 0.29) is 11.8 Å². The predicted octanol–water partition coefficient (Wildman–Crippen LogP) is 2.74. The molecule has 1 N–H and O–H groups in total. The van der Waals surface area contributed by atoms with Crippen molar-refractivity contribution in [1.29, 1.82) is 0 Å². The van der Waals surface area contributed by atoms with E-state index in [0.29, 0.717) is 23.9 Å². The number of ether oxygens (including phenoxy) is 1. The monoisotopic (exact) mass is 271 g/mol. The van der Waals surface area contributed by atoms with E-state index in [1.165, 1.54) is 19.2 Å². The van der Waals surface area contributed by atoms with Gasteiger partial charge in [0, 0.05) is 24.1 Å².